The van der Waals surface area contributed by atoms with Gasteiger partial charge >= 0.3 is 5.97 Å². The number of pyridine rings is 1. The van der Waals surface area contributed by atoms with Gasteiger partial charge < -0.3 is 14.6 Å². The molecule has 0 radical (unpaired) electrons. The number of aromatic nitrogens is 3. The highest BCUT2D eigenvalue weighted by Crippen LogP contribution is 2.36. The summed E-state index contributed by atoms with van der Waals surface area (Å²) in [5.74, 6) is 0.844. The second-order valence-electron chi connectivity index (χ2n) is 10.3. The molecule has 0 aliphatic heterocycles. The fraction of sp³-hybridized carbons (Fsp3) is 0.424. The minimum absolute atomic E-state index is 0.298. The van der Waals surface area contributed by atoms with E-state index in [0.717, 1.165) is 39.3 Å². The van der Waals surface area contributed by atoms with E-state index in [-0.39, 0.29) is 0 Å². The second kappa shape index (κ2) is 16.3. The van der Waals surface area contributed by atoms with Crippen molar-refractivity contribution >= 4 is 27.0 Å². The van der Waals surface area contributed by atoms with Crippen LogP contribution in [0.25, 0.3) is 33.4 Å². The average Bonchev–Trinajstić information content (AvgIpc) is 3.34. The molecular weight excluding hydrogens is 548 g/mol. The van der Waals surface area contributed by atoms with Crippen molar-refractivity contribution < 1.29 is 19.4 Å². The summed E-state index contributed by atoms with van der Waals surface area (Å²) in [6.45, 7) is 8.96. The van der Waals surface area contributed by atoms with Crippen LogP contribution in [0.3, 0.4) is 0 Å². The Kier molecular flexibility index (Phi) is 13.5. The van der Waals surface area contributed by atoms with Crippen LogP contribution in [-0.2, 0) is 16.3 Å². The Morgan fingerprint density at radius 2 is 1.69 bits per heavy atom. The van der Waals surface area contributed by atoms with E-state index in [4.69, 9.17) is 19.6 Å². The molecule has 0 bridgehead atoms. The lowest BCUT2D eigenvalue weighted by Crippen LogP contribution is -2.27. The summed E-state index contributed by atoms with van der Waals surface area (Å²) in [4.78, 5) is 18.4. The van der Waals surface area contributed by atoms with Crippen molar-refractivity contribution in [3.8, 4) is 28.1 Å². The Morgan fingerprint density at radius 1 is 1.00 bits per heavy atom. The zero-order chi connectivity index (χ0) is 31.4. The molecule has 4 aromatic rings. The maximum absolute atomic E-state index is 11.9. The van der Waals surface area contributed by atoms with Gasteiger partial charge in [-0.25, -0.2) is 19.7 Å². The third-order valence-corrected chi connectivity index (χ3v) is 7.68. The van der Waals surface area contributed by atoms with E-state index in [9.17, 15) is 9.90 Å². The van der Waals surface area contributed by atoms with E-state index < -0.39 is 22.0 Å². The molecule has 0 amide bonds. The predicted molar refractivity (Wildman–Crippen MR) is 178 cm³/mol. The van der Waals surface area contributed by atoms with E-state index in [1.54, 1.807) is 37.0 Å². The van der Waals surface area contributed by atoms with Gasteiger partial charge in [0.15, 0.2) is 5.65 Å². The van der Waals surface area contributed by atoms with E-state index in [1.165, 1.54) is 0 Å². The van der Waals surface area contributed by atoms with Gasteiger partial charge in [0, 0.05) is 28.5 Å². The van der Waals surface area contributed by atoms with Crippen molar-refractivity contribution in [1.82, 2.24) is 19.7 Å². The van der Waals surface area contributed by atoms with E-state index >= 15 is 0 Å². The molecule has 0 saturated heterocycles. The van der Waals surface area contributed by atoms with Crippen LogP contribution in [0.15, 0.2) is 60.8 Å². The maximum Gasteiger partial charge on any atom is 0.325 e. The lowest BCUT2D eigenvalue weighted by molar-refractivity contribution is -0.142. The Hall–Kier alpha value is -3.40. The third-order valence-electron chi connectivity index (χ3n) is 6.29. The van der Waals surface area contributed by atoms with E-state index in [1.807, 2.05) is 76.2 Å². The lowest BCUT2D eigenvalue weighted by Gasteiger charge is -2.24. The van der Waals surface area contributed by atoms with Crippen LogP contribution < -0.4 is 4.74 Å². The summed E-state index contributed by atoms with van der Waals surface area (Å²) >= 11 is 0. The molecule has 4 rings (SSSR count). The number of aliphatic carboxylic acids is 1. The number of carboxylic acid groups (broad SMARTS) is 1. The van der Waals surface area contributed by atoms with E-state index in [0.29, 0.717) is 24.5 Å². The Balaban J connectivity index is 0.00000148. The fourth-order valence-electron chi connectivity index (χ4n) is 4.36. The van der Waals surface area contributed by atoms with Crippen LogP contribution in [0, 0.1) is 0 Å². The standard InChI is InChI=1S/C29H36N4O4S.2C2H6/c1-32(2)27(29(34)35)21-11-9-10-20(16-21)22-17-24-26(23-12-7-8-13-25(23)36-3)31-33(28(24)30-18-22)19-37-14-15-38(4,5)6;2*1-2/h7-13,16-18,27H,14-15,19H2,1-6H3,(H,34,35);2*1-2H3. The first-order valence-corrected chi connectivity index (χ1v) is 17.3. The number of hydrogen-bond acceptors (Lipinski definition) is 6. The predicted octanol–water partition coefficient (Wildman–Crippen LogP) is 7.18. The van der Waals surface area contributed by atoms with Crippen LogP contribution in [0.1, 0.15) is 39.3 Å². The molecule has 0 spiro atoms. The van der Waals surface area contributed by atoms with Gasteiger partial charge in [0.2, 0.25) is 0 Å². The first-order valence-electron chi connectivity index (χ1n) is 14.3. The topological polar surface area (TPSA) is 89.7 Å². The number of carboxylic acids is 1. The summed E-state index contributed by atoms with van der Waals surface area (Å²) in [5.41, 5.74) is 4.79. The number of hydrogen-bond donors (Lipinski definition) is 1. The number of methoxy groups -OCH3 is 1. The smallest absolute Gasteiger partial charge is 0.325 e. The number of carbonyl (C=O) groups is 1. The van der Waals surface area contributed by atoms with E-state index in [2.05, 4.69) is 24.8 Å². The van der Waals surface area contributed by atoms with Crippen LogP contribution in [0.2, 0.25) is 0 Å². The summed E-state index contributed by atoms with van der Waals surface area (Å²) in [6, 6.07) is 16.7. The normalized spacial score (nSPS) is 12.2. The Morgan fingerprint density at radius 3 is 2.31 bits per heavy atom. The largest absolute Gasteiger partial charge is 0.496 e. The lowest BCUT2D eigenvalue weighted by atomic mass is 9.98. The molecule has 0 aliphatic carbocycles. The minimum Gasteiger partial charge on any atom is -0.496 e. The van der Waals surface area contributed by atoms with Gasteiger partial charge in [-0.1, -0.05) is 58.0 Å². The molecule has 0 aliphatic rings. The molecule has 2 aromatic carbocycles. The minimum atomic E-state index is -0.895. The zero-order valence-electron chi connectivity index (χ0n) is 26.8. The molecule has 0 fully saturated rings. The number of likely N-dealkylation sites (N-methyl/N-ethyl adjacent to an activating group) is 1. The van der Waals surface area contributed by atoms with Gasteiger partial charge in [-0.15, -0.1) is 0 Å². The molecule has 42 heavy (non-hydrogen) atoms. The van der Waals surface area contributed by atoms with Gasteiger partial charge in [-0.05, 0) is 68.3 Å². The van der Waals surface area contributed by atoms with Crippen molar-refractivity contribution in [2.75, 3.05) is 52.3 Å². The molecule has 8 nitrogen and oxygen atoms in total. The molecule has 9 heteroatoms. The number of rotatable bonds is 11. The first kappa shape index (κ1) is 34.8. The van der Waals surface area contributed by atoms with Crippen LogP contribution in [-0.4, -0.2) is 83.1 Å². The highest BCUT2D eigenvalue weighted by Gasteiger charge is 2.23. The number of nitrogens with zero attached hydrogens (tertiary/aromatic N) is 4. The SMILES string of the molecule is CC.CC.COc1ccccc1-c1nn(COCCS(C)(C)C)c2ncc(-c3cccc(C(C(=O)O)N(C)C)c3)cc12. The number of fused-ring (bicyclic) bond motifs is 1. The quantitative estimate of drug-likeness (QED) is 0.183. The number of ether oxygens (including phenoxy) is 2. The Bertz CT molecular complexity index is 1430. The molecule has 2 aromatic heterocycles. The molecule has 230 valence electrons. The van der Waals surface area contributed by atoms with Gasteiger partial charge in [0.1, 0.15) is 24.2 Å². The van der Waals surface area contributed by atoms with Gasteiger partial charge in [0.25, 0.3) is 0 Å². The second-order valence-corrected chi connectivity index (χ2v) is 14.9. The summed E-state index contributed by atoms with van der Waals surface area (Å²) in [6.07, 6.45) is 8.62. The third kappa shape index (κ3) is 8.80. The number of benzene rings is 2. The molecule has 2 heterocycles. The van der Waals surface area contributed by atoms with Crippen LogP contribution >= 0.6 is 10.0 Å². The first-order chi connectivity index (χ1) is 20.1. The van der Waals surface area contributed by atoms with Crippen molar-refractivity contribution in [3.63, 3.8) is 0 Å². The Labute approximate surface area is 253 Å². The van der Waals surface area contributed by atoms with Crippen molar-refractivity contribution in [2.45, 2.75) is 40.5 Å². The molecule has 1 atom stereocenters. The molecule has 0 saturated carbocycles. The monoisotopic (exact) mass is 596 g/mol. The highest BCUT2D eigenvalue weighted by atomic mass is 32.3. The maximum atomic E-state index is 11.9. The summed E-state index contributed by atoms with van der Waals surface area (Å²) in [7, 11) is 4.52. The highest BCUT2D eigenvalue weighted by molar-refractivity contribution is 8.32. The zero-order valence-corrected chi connectivity index (χ0v) is 27.7. The average molecular weight is 597 g/mol. The van der Waals surface area contributed by atoms with Gasteiger partial charge in [-0.3, -0.25) is 9.69 Å². The fourth-order valence-corrected chi connectivity index (χ4v) is 4.97. The van der Waals surface area contributed by atoms with Crippen LogP contribution in [0.5, 0.6) is 5.75 Å². The molecule has 1 N–H and O–H groups in total. The van der Waals surface area contributed by atoms with Gasteiger partial charge in [-0.2, -0.15) is 5.10 Å². The van der Waals surface area contributed by atoms with Crippen molar-refractivity contribution in [3.05, 3.63) is 66.4 Å². The van der Waals surface area contributed by atoms with Gasteiger partial charge in [0.05, 0.1) is 13.7 Å². The summed E-state index contributed by atoms with van der Waals surface area (Å²) < 4.78 is 13.4. The molecular formula is C33H48N4O4S. The molecule has 1 unspecified atom stereocenters. The van der Waals surface area contributed by atoms with Crippen molar-refractivity contribution in [2.24, 2.45) is 0 Å². The van der Waals surface area contributed by atoms with Crippen LogP contribution in [0.4, 0.5) is 0 Å². The number of para-hydroxylation sites is 1. The van der Waals surface area contributed by atoms with Crippen molar-refractivity contribution in [1.29, 1.82) is 0 Å². The summed E-state index contributed by atoms with van der Waals surface area (Å²) in [5, 5.41) is 15.5.